The minimum Gasteiger partial charge on any atom is -0.395 e. The first-order valence-corrected chi connectivity index (χ1v) is 7.78. The number of rotatable bonds is 2. The van der Waals surface area contributed by atoms with E-state index in [4.69, 9.17) is 0 Å². The summed E-state index contributed by atoms with van der Waals surface area (Å²) >= 11 is 0. The highest BCUT2D eigenvalue weighted by atomic mass is 19.3. The average molecular weight is 351 g/mol. The van der Waals surface area contributed by atoms with Crippen molar-refractivity contribution in [2.24, 2.45) is 0 Å². The van der Waals surface area contributed by atoms with Gasteiger partial charge in [0.2, 0.25) is 0 Å². The van der Waals surface area contributed by atoms with Crippen LogP contribution in [-0.4, -0.2) is 39.0 Å². The Balaban J connectivity index is 1.49. The number of aromatic amines is 1. The number of aryl methyl sites for hydroxylation is 1. The molecule has 1 atom stereocenters. The van der Waals surface area contributed by atoms with E-state index in [9.17, 15) is 13.6 Å². The van der Waals surface area contributed by atoms with Crippen molar-refractivity contribution in [2.75, 3.05) is 11.9 Å². The third kappa shape index (κ3) is 2.94. The fraction of sp³-hybridized carbons (Fsp3) is 0.400. The molecule has 2 aliphatic rings. The number of hydrogen-bond acceptors (Lipinski definition) is 5. The van der Waals surface area contributed by atoms with Crippen molar-refractivity contribution in [3.63, 3.8) is 0 Å². The van der Waals surface area contributed by atoms with Gasteiger partial charge in [0.05, 0.1) is 6.04 Å². The van der Waals surface area contributed by atoms with Crippen molar-refractivity contribution >= 4 is 11.7 Å². The minimum absolute atomic E-state index is 0.0711. The molecule has 8 nitrogen and oxygen atoms in total. The molecule has 2 aliphatic heterocycles. The maximum Gasteiger partial charge on any atom is 0.586 e. The summed E-state index contributed by atoms with van der Waals surface area (Å²) in [7, 11) is 0. The minimum atomic E-state index is -3.69. The Morgan fingerprint density at radius 2 is 2.20 bits per heavy atom. The number of hydrogen-bond donors (Lipinski definition) is 2. The number of aromatic nitrogens is 3. The average Bonchev–Trinajstić information content (AvgIpc) is 3.23. The lowest BCUT2D eigenvalue weighted by atomic mass is 10.2. The molecule has 1 unspecified atom stereocenters. The first-order chi connectivity index (χ1) is 11.9. The fourth-order valence-corrected chi connectivity index (χ4v) is 3.01. The molecule has 1 aromatic carbocycles. The lowest BCUT2D eigenvalue weighted by molar-refractivity contribution is -0.286. The highest BCUT2D eigenvalue weighted by Crippen LogP contribution is 2.42. The van der Waals surface area contributed by atoms with Gasteiger partial charge in [-0.3, -0.25) is 5.10 Å². The Hall–Kier alpha value is -2.91. The molecule has 0 aliphatic carbocycles. The van der Waals surface area contributed by atoms with E-state index in [0.717, 1.165) is 12.8 Å². The number of H-pyrrole nitrogens is 1. The maximum atomic E-state index is 13.1. The molecule has 2 N–H and O–H groups in total. The number of carbonyl (C=O) groups excluding carboxylic acids is 1. The molecule has 2 amide bonds. The number of urea groups is 1. The maximum absolute atomic E-state index is 13.1. The molecule has 2 aromatic rings. The van der Waals surface area contributed by atoms with Gasteiger partial charge in [0, 0.05) is 18.3 Å². The van der Waals surface area contributed by atoms with Crippen LogP contribution in [0.2, 0.25) is 0 Å². The summed E-state index contributed by atoms with van der Waals surface area (Å²) in [6.45, 7) is 2.35. The van der Waals surface area contributed by atoms with Gasteiger partial charge >= 0.3 is 12.3 Å². The van der Waals surface area contributed by atoms with Crippen LogP contribution in [0, 0.1) is 6.92 Å². The summed E-state index contributed by atoms with van der Waals surface area (Å²) in [4.78, 5) is 18.5. The van der Waals surface area contributed by atoms with Crippen molar-refractivity contribution in [3.05, 3.63) is 29.8 Å². The lowest BCUT2D eigenvalue weighted by Crippen LogP contribution is -2.34. The Morgan fingerprint density at radius 3 is 2.96 bits per heavy atom. The zero-order chi connectivity index (χ0) is 17.6. The molecule has 10 heteroatoms. The highest BCUT2D eigenvalue weighted by molar-refractivity contribution is 5.90. The molecule has 0 saturated carbocycles. The van der Waals surface area contributed by atoms with Gasteiger partial charge in [0.1, 0.15) is 5.82 Å². The molecular weight excluding hydrogens is 336 g/mol. The Morgan fingerprint density at radius 1 is 1.40 bits per heavy atom. The topological polar surface area (TPSA) is 92.4 Å². The Bertz CT molecular complexity index is 825. The normalized spacial score (nSPS) is 20.8. The molecule has 0 radical (unpaired) electrons. The van der Waals surface area contributed by atoms with Crippen molar-refractivity contribution in [2.45, 2.75) is 32.1 Å². The van der Waals surface area contributed by atoms with Crippen LogP contribution >= 0.6 is 0 Å². The van der Waals surface area contributed by atoms with Gasteiger partial charge in [-0.05, 0) is 31.9 Å². The van der Waals surface area contributed by atoms with Gasteiger partial charge in [-0.2, -0.15) is 5.10 Å². The number of alkyl halides is 2. The van der Waals surface area contributed by atoms with Crippen molar-refractivity contribution < 1.29 is 23.0 Å². The number of ether oxygens (including phenoxy) is 2. The number of benzene rings is 1. The van der Waals surface area contributed by atoms with Gasteiger partial charge in [0.15, 0.2) is 17.3 Å². The molecule has 0 spiro atoms. The second kappa shape index (κ2) is 5.57. The van der Waals surface area contributed by atoms with Gasteiger partial charge in [-0.25, -0.2) is 9.78 Å². The SMILES string of the molecule is Cc1nc(C2CCCN2C(=O)Nc2ccc3c(c2)OC(F)(F)O3)n[nH]1. The molecule has 3 heterocycles. The molecular formula is C15H15F2N5O3. The summed E-state index contributed by atoms with van der Waals surface area (Å²) in [6.07, 6.45) is -2.09. The van der Waals surface area contributed by atoms with Crippen LogP contribution in [0.3, 0.4) is 0 Å². The summed E-state index contributed by atoms with van der Waals surface area (Å²) in [5.41, 5.74) is 0.335. The van der Waals surface area contributed by atoms with Crippen LogP contribution in [-0.2, 0) is 0 Å². The third-order valence-electron chi connectivity index (χ3n) is 4.08. The van der Waals surface area contributed by atoms with Crippen molar-refractivity contribution in [1.82, 2.24) is 20.1 Å². The lowest BCUT2D eigenvalue weighted by Gasteiger charge is -2.22. The summed E-state index contributed by atoms with van der Waals surface area (Å²) in [5, 5.41) is 9.58. The Kier molecular flexibility index (Phi) is 3.48. The van der Waals surface area contributed by atoms with Crippen LogP contribution in [0.15, 0.2) is 18.2 Å². The van der Waals surface area contributed by atoms with Crippen LogP contribution in [0.5, 0.6) is 11.5 Å². The third-order valence-corrected chi connectivity index (χ3v) is 4.08. The second-order valence-corrected chi connectivity index (χ2v) is 5.89. The number of anilines is 1. The first kappa shape index (κ1) is 15.6. The van der Waals surface area contributed by atoms with E-state index in [1.54, 1.807) is 11.8 Å². The largest absolute Gasteiger partial charge is 0.586 e. The summed E-state index contributed by atoms with van der Waals surface area (Å²) in [5.74, 6) is 1.05. The van der Waals surface area contributed by atoms with Gasteiger partial charge in [-0.15, -0.1) is 8.78 Å². The van der Waals surface area contributed by atoms with Crippen LogP contribution < -0.4 is 14.8 Å². The van der Waals surface area contributed by atoms with Gasteiger partial charge < -0.3 is 19.7 Å². The Labute approximate surface area is 141 Å². The molecule has 4 rings (SSSR count). The first-order valence-electron chi connectivity index (χ1n) is 7.78. The smallest absolute Gasteiger partial charge is 0.395 e. The zero-order valence-electron chi connectivity index (χ0n) is 13.3. The summed E-state index contributed by atoms with van der Waals surface area (Å²) in [6, 6.07) is 3.53. The molecule has 0 bridgehead atoms. The number of halogens is 2. The second-order valence-electron chi connectivity index (χ2n) is 5.89. The van der Waals surface area contributed by atoms with Crippen LogP contribution in [0.1, 0.15) is 30.5 Å². The van der Waals surface area contributed by atoms with Gasteiger partial charge in [0.25, 0.3) is 0 Å². The molecule has 25 heavy (non-hydrogen) atoms. The molecule has 132 valence electrons. The number of carbonyl (C=O) groups is 1. The standard InChI is InChI=1S/C15H15F2N5O3/c1-8-18-13(21-20-8)10-3-2-6-22(10)14(23)19-9-4-5-11-12(7-9)25-15(16,17)24-11/h4-5,7,10H,2-3,6H2,1H3,(H,19,23)(H,18,20,21). The van der Waals surface area contributed by atoms with Crippen molar-refractivity contribution in [1.29, 1.82) is 0 Å². The van der Waals surface area contributed by atoms with Crippen molar-refractivity contribution in [3.8, 4) is 11.5 Å². The number of likely N-dealkylation sites (tertiary alicyclic amines) is 1. The van der Waals surface area contributed by atoms with E-state index in [-0.39, 0.29) is 23.6 Å². The predicted molar refractivity (Wildman–Crippen MR) is 81.5 cm³/mol. The van der Waals surface area contributed by atoms with E-state index in [1.807, 2.05) is 0 Å². The number of amides is 2. The van der Waals surface area contributed by atoms with Gasteiger partial charge in [-0.1, -0.05) is 0 Å². The van der Waals surface area contributed by atoms with E-state index in [0.29, 0.717) is 23.9 Å². The number of fused-ring (bicyclic) bond motifs is 1. The summed E-state index contributed by atoms with van der Waals surface area (Å²) < 4.78 is 34.8. The molecule has 1 aromatic heterocycles. The molecule has 1 fully saturated rings. The number of nitrogens with one attached hydrogen (secondary N) is 2. The predicted octanol–water partition coefficient (Wildman–Crippen LogP) is 2.80. The fourth-order valence-electron chi connectivity index (χ4n) is 3.01. The van der Waals surface area contributed by atoms with Crippen LogP contribution in [0.25, 0.3) is 0 Å². The highest BCUT2D eigenvalue weighted by Gasteiger charge is 2.43. The van der Waals surface area contributed by atoms with E-state index in [1.165, 1.54) is 18.2 Å². The van der Waals surface area contributed by atoms with E-state index < -0.39 is 6.29 Å². The number of nitrogens with zero attached hydrogens (tertiary/aromatic N) is 3. The van der Waals surface area contributed by atoms with E-state index >= 15 is 0 Å². The zero-order valence-corrected chi connectivity index (χ0v) is 13.3. The van der Waals surface area contributed by atoms with E-state index in [2.05, 4.69) is 30.0 Å². The quantitative estimate of drug-likeness (QED) is 0.868. The molecule has 1 saturated heterocycles. The van der Waals surface area contributed by atoms with Crippen LogP contribution in [0.4, 0.5) is 19.3 Å². The monoisotopic (exact) mass is 351 g/mol.